The molecule has 0 spiro atoms. The lowest BCUT2D eigenvalue weighted by molar-refractivity contribution is 0.111. The van der Waals surface area contributed by atoms with Crippen molar-refractivity contribution in [3.63, 3.8) is 0 Å². The van der Waals surface area contributed by atoms with E-state index < -0.39 is 0 Å². The molecule has 0 aliphatic carbocycles. The lowest BCUT2D eigenvalue weighted by Crippen LogP contribution is -1.99. The number of hydrogen-bond donors (Lipinski definition) is 0. The van der Waals surface area contributed by atoms with Crippen LogP contribution in [0, 0.1) is 6.92 Å². The highest BCUT2D eigenvalue weighted by molar-refractivity contribution is 9.10. The zero-order valence-electron chi connectivity index (χ0n) is 10.0. The molecule has 92 valence electrons. The van der Waals surface area contributed by atoms with E-state index in [1.807, 2.05) is 43.3 Å². The van der Waals surface area contributed by atoms with E-state index in [0.29, 0.717) is 17.9 Å². The van der Waals surface area contributed by atoms with Crippen molar-refractivity contribution in [2.45, 2.75) is 13.5 Å². The average molecular weight is 305 g/mol. The molecule has 0 unspecified atom stereocenters. The first-order valence-electron chi connectivity index (χ1n) is 5.63. The summed E-state index contributed by atoms with van der Waals surface area (Å²) in [6, 6.07) is 13.5. The summed E-state index contributed by atoms with van der Waals surface area (Å²) in [6.45, 7) is 2.49. The molecule has 0 atom stereocenters. The summed E-state index contributed by atoms with van der Waals surface area (Å²) >= 11 is 3.39. The second-order valence-corrected chi connectivity index (χ2v) is 4.90. The average Bonchev–Trinajstić information content (AvgIpc) is 2.39. The number of benzene rings is 2. The standard InChI is InChI=1S/C15H13BrO2/c1-11-5-7-12(8-6-11)10-18-15-13(9-17)3-2-4-14(15)16/h2-9H,10H2,1H3. The predicted octanol–water partition coefficient (Wildman–Crippen LogP) is 4.15. The van der Waals surface area contributed by atoms with Crippen LogP contribution in [0.15, 0.2) is 46.9 Å². The number of hydrogen-bond acceptors (Lipinski definition) is 2. The Morgan fingerprint density at radius 3 is 2.56 bits per heavy atom. The number of ether oxygens (including phenoxy) is 1. The first-order valence-corrected chi connectivity index (χ1v) is 6.42. The van der Waals surface area contributed by atoms with Crippen LogP contribution >= 0.6 is 15.9 Å². The summed E-state index contributed by atoms with van der Waals surface area (Å²) in [6.07, 6.45) is 0.801. The van der Waals surface area contributed by atoms with Gasteiger partial charge in [0, 0.05) is 0 Å². The lowest BCUT2D eigenvalue weighted by Gasteiger charge is -2.10. The van der Waals surface area contributed by atoms with Crippen LogP contribution in [0.3, 0.4) is 0 Å². The van der Waals surface area contributed by atoms with Crippen LogP contribution in [0.5, 0.6) is 5.75 Å². The Morgan fingerprint density at radius 1 is 1.17 bits per heavy atom. The summed E-state index contributed by atoms with van der Waals surface area (Å²) < 4.78 is 6.50. The molecule has 2 aromatic rings. The SMILES string of the molecule is Cc1ccc(COc2c(Br)cccc2C=O)cc1. The molecule has 0 aromatic heterocycles. The maximum Gasteiger partial charge on any atom is 0.153 e. The third-order valence-corrected chi connectivity index (χ3v) is 3.25. The summed E-state index contributed by atoms with van der Waals surface area (Å²) in [5.41, 5.74) is 2.85. The van der Waals surface area contributed by atoms with E-state index in [1.54, 1.807) is 6.07 Å². The fourth-order valence-electron chi connectivity index (χ4n) is 1.61. The Morgan fingerprint density at radius 2 is 1.89 bits per heavy atom. The molecule has 0 N–H and O–H groups in total. The highest BCUT2D eigenvalue weighted by Crippen LogP contribution is 2.28. The minimum absolute atomic E-state index is 0.448. The Hall–Kier alpha value is -1.61. The van der Waals surface area contributed by atoms with Crippen molar-refractivity contribution in [3.05, 3.63) is 63.6 Å². The smallest absolute Gasteiger partial charge is 0.153 e. The van der Waals surface area contributed by atoms with E-state index in [-0.39, 0.29) is 0 Å². The van der Waals surface area contributed by atoms with Crippen molar-refractivity contribution >= 4 is 22.2 Å². The summed E-state index contributed by atoms with van der Waals surface area (Å²) in [4.78, 5) is 10.9. The summed E-state index contributed by atoms with van der Waals surface area (Å²) in [5, 5.41) is 0. The fraction of sp³-hybridized carbons (Fsp3) is 0.133. The van der Waals surface area contributed by atoms with E-state index >= 15 is 0 Å². The summed E-state index contributed by atoms with van der Waals surface area (Å²) in [7, 11) is 0. The van der Waals surface area contributed by atoms with E-state index in [2.05, 4.69) is 15.9 Å². The van der Waals surface area contributed by atoms with Gasteiger partial charge in [-0.15, -0.1) is 0 Å². The minimum atomic E-state index is 0.448. The molecule has 0 fully saturated rings. The van der Waals surface area contributed by atoms with Gasteiger partial charge in [-0.25, -0.2) is 0 Å². The highest BCUT2D eigenvalue weighted by atomic mass is 79.9. The third-order valence-electron chi connectivity index (χ3n) is 2.63. The number of aldehydes is 1. The van der Waals surface area contributed by atoms with Gasteiger partial charge in [0.1, 0.15) is 12.4 Å². The van der Waals surface area contributed by atoms with Crippen molar-refractivity contribution in [2.75, 3.05) is 0 Å². The van der Waals surface area contributed by atoms with Crippen molar-refractivity contribution in [1.29, 1.82) is 0 Å². The molecule has 0 bridgehead atoms. The molecule has 0 aliphatic heterocycles. The fourth-order valence-corrected chi connectivity index (χ4v) is 2.11. The van der Waals surface area contributed by atoms with Gasteiger partial charge in [-0.1, -0.05) is 35.9 Å². The number of rotatable bonds is 4. The molecule has 2 nitrogen and oxygen atoms in total. The molecule has 0 amide bonds. The molecule has 0 saturated heterocycles. The molecule has 0 aliphatic rings. The Labute approximate surface area is 115 Å². The van der Waals surface area contributed by atoms with Crippen LogP contribution in [-0.4, -0.2) is 6.29 Å². The number of para-hydroxylation sites is 1. The van der Waals surface area contributed by atoms with Gasteiger partial charge >= 0.3 is 0 Å². The van der Waals surface area contributed by atoms with E-state index in [1.165, 1.54) is 5.56 Å². The van der Waals surface area contributed by atoms with Gasteiger partial charge in [-0.2, -0.15) is 0 Å². The molecule has 3 heteroatoms. The molecule has 2 aromatic carbocycles. The van der Waals surface area contributed by atoms with Crippen molar-refractivity contribution in [2.24, 2.45) is 0 Å². The zero-order valence-corrected chi connectivity index (χ0v) is 11.6. The molecule has 0 saturated carbocycles. The van der Waals surface area contributed by atoms with Gasteiger partial charge in [-0.05, 0) is 40.5 Å². The monoisotopic (exact) mass is 304 g/mol. The van der Waals surface area contributed by atoms with Gasteiger partial charge in [-0.3, -0.25) is 4.79 Å². The van der Waals surface area contributed by atoms with Crippen molar-refractivity contribution < 1.29 is 9.53 Å². The Bertz CT molecular complexity index is 547. The minimum Gasteiger partial charge on any atom is -0.487 e. The third kappa shape index (κ3) is 2.99. The second-order valence-electron chi connectivity index (χ2n) is 4.05. The van der Waals surface area contributed by atoms with Crippen LogP contribution in [0.1, 0.15) is 21.5 Å². The van der Waals surface area contributed by atoms with Crippen LogP contribution < -0.4 is 4.74 Å². The Kier molecular flexibility index (Phi) is 4.15. The maximum absolute atomic E-state index is 10.9. The topological polar surface area (TPSA) is 26.3 Å². The predicted molar refractivity (Wildman–Crippen MR) is 75.0 cm³/mol. The number of carbonyl (C=O) groups is 1. The number of halogens is 1. The van der Waals surface area contributed by atoms with Crippen molar-refractivity contribution in [1.82, 2.24) is 0 Å². The zero-order chi connectivity index (χ0) is 13.0. The van der Waals surface area contributed by atoms with Crippen LogP contribution in [0.4, 0.5) is 0 Å². The first kappa shape index (κ1) is 12.8. The molecule has 2 rings (SSSR count). The quantitative estimate of drug-likeness (QED) is 0.793. The molecular formula is C15H13BrO2. The van der Waals surface area contributed by atoms with Gasteiger partial charge in [0.05, 0.1) is 10.0 Å². The van der Waals surface area contributed by atoms with Crippen LogP contribution in [0.2, 0.25) is 0 Å². The normalized spacial score (nSPS) is 10.1. The summed E-state index contributed by atoms with van der Waals surface area (Å²) in [5.74, 6) is 0.591. The molecule has 18 heavy (non-hydrogen) atoms. The second kappa shape index (κ2) is 5.83. The van der Waals surface area contributed by atoms with Gasteiger partial charge in [0.25, 0.3) is 0 Å². The van der Waals surface area contributed by atoms with Crippen molar-refractivity contribution in [3.8, 4) is 5.75 Å². The molecule has 0 heterocycles. The largest absolute Gasteiger partial charge is 0.487 e. The van der Waals surface area contributed by atoms with Crippen LogP contribution in [-0.2, 0) is 6.61 Å². The van der Waals surface area contributed by atoms with E-state index in [0.717, 1.165) is 16.3 Å². The van der Waals surface area contributed by atoms with Crippen LogP contribution in [0.25, 0.3) is 0 Å². The maximum atomic E-state index is 10.9. The highest BCUT2D eigenvalue weighted by Gasteiger charge is 2.07. The van der Waals surface area contributed by atoms with Gasteiger partial charge in [0.15, 0.2) is 6.29 Å². The van der Waals surface area contributed by atoms with Gasteiger partial charge < -0.3 is 4.74 Å². The number of carbonyl (C=O) groups excluding carboxylic acids is 1. The first-order chi connectivity index (χ1) is 8.70. The number of aryl methyl sites for hydroxylation is 1. The van der Waals surface area contributed by atoms with Gasteiger partial charge in [0.2, 0.25) is 0 Å². The van der Waals surface area contributed by atoms with E-state index in [9.17, 15) is 4.79 Å². The Balaban J connectivity index is 2.15. The molecule has 0 radical (unpaired) electrons. The molecular weight excluding hydrogens is 292 g/mol. The lowest BCUT2D eigenvalue weighted by atomic mass is 10.1. The van der Waals surface area contributed by atoms with E-state index in [4.69, 9.17) is 4.74 Å².